The van der Waals surface area contributed by atoms with Crippen LogP contribution < -0.4 is 5.32 Å². The Morgan fingerprint density at radius 3 is 2.76 bits per heavy atom. The van der Waals surface area contributed by atoms with Crippen LogP contribution in [0.25, 0.3) is 0 Å². The molecule has 0 spiro atoms. The second-order valence-electron chi connectivity index (χ2n) is 5.73. The van der Waals surface area contributed by atoms with Crippen molar-refractivity contribution in [3.8, 4) is 0 Å². The molecule has 25 heavy (non-hydrogen) atoms. The molecule has 8 heteroatoms. The summed E-state index contributed by atoms with van der Waals surface area (Å²) in [5, 5.41) is 11.6. The number of rotatable bonds is 7. The minimum absolute atomic E-state index is 0.465. The van der Waals surface area contributed by atoms with Gasteiger partial charge in [-0.15, -0.1) is 10.2 Å². The molecule has 1 aromatic heterocycles. The molecular weight excluding hydrogens is 384 g/mol. The van der Waals surface area contributed by atoms with E-state index in [2.05, 4.69) is 42.4 Å². The van der Waals surface area contributed by atoms with Crippen LogP contribution in [-0.4, -0.2) is 52.9 Å². The average Bonchev–Trinajstić information content (AvgIpc) is 2.92. The highest BCUT2D eigenvalue weighted by Gasteiger charge is 2.10. The van der Waals surface area contributed by atoms with Gasteiger partial charge in [0, 0.05) is 38.8 Å². The smallest absolute Gasteiger partial charge is 0.194 e. The zero-order valence-electron chi connectivity index (χ0n) is 15.2. The maximum absolute atomic E-state index is 5.12. The number of halogens is 1. The molecule has 0 amide bonds. The van der Waals surface area contributed by atoms with E-state index in [9.17, 15) is 0 Å². The molecule has 0 bridgehead atoms. The predicted octanol–water partition coefficient (Wildman–Crippen LogP) is 2.11. The summed E-state index contributed by atoms with van der Waals surface area (Å²) in [5.41, 5.74) is 1.20. The van der Waals surface area contributed by atoms with Crippen molar-refractivity contribution in [3.05, 3.63) is 46.0 Å². The average molecular weight is 409 g/mol. The van der Waals surface area contributed by atoms with Crippen molar-refractivity contribution < 1.29 is 4.74 Å². The van der Waals surface area contributed by atoms with E-state index in [0.717, 1.165) is 28.6 Å². The maximum atomic E-state index is 5.12. The van der Waals surface area contributed by atoms with E-state index < -0.39 is 0 Å². The first kappa shape index (κ1) is 19.4. The van der Waals surface area contributed by atoms with E-state index in [4.69, 9.17) is 9.73 Å². The molecular formula is C17H25BrN6O. The van der Waals surface area contributed by atoms with Crippen molar-refractivity contribution in [2.45, 2.75) is 20.0 Å². The van der Waals surface area contributed by atoms with Gasteiger partial charge in [0.2, 0.25) is 0 Å². The van der Waals surface area contributed by atoms with Gasteiger partial charge in [-0.1, -0.05) is 34.1 Å². The summed E-state index contributed by atoms with van der Waals surface area (Å²) in [6, 6.07) is 8.18. The molecule has 0 radical (unpaired) electrons. The number of aliphatic imine (C=N–C) groups is 1. The minimum atomic E-state index is 0.465. The van der Waals surface area contributed by atoms with Gasteiger partial charge in [0.25, 0.3) is 0 Å². The van der Waals surface area contributed by atoms with Crippen molar-refractivity contribution in [2.75, 3.05) is 27.3 Å². The second-order valence-corrected chi connectivity index (χ2v) is 6.58. The highest BCUT2D eigenvalue weighted by molar-refractivity contribution is 9.10. The zero-order chi connectivity index (χ0) is 18.2. The van der Waals surface area contributed by atoms with Gasteiger partial charge in [0.15, 0.2) is 11.8 Å². The van der Waals surface area contributed by atoms with Crippen LogP contribution in [0.1, 0.15) is 17.2 Å². The van der Waals surface area contributed by atoms with Crippen LogP contribution in [0.15, 0.2) is 33.7 Å². The number of benzene rings is 1. The van der Waals surface area contributed by atoms with Gasteiger partial charge in [-0.3, -0.25) is 0 Å². The highest BCUT2D eigenvalue weighted by atomic mass is 79.9. The molecule has 0 fully saturated rings. The van der Waals surface area contributed by atoms with E-state index in [1.807, 2.05) is 43.8 Å². The van der Waals surface area contributed by atoms with E-state index in [0.29, 0.717) is 19.7 Å². The van der Waals surface area contributed by atoms with Crippen LogP contribution in [0.4, 0.5) is 0 Å². The lowest BCUT2D eigenvalue weighted by Gasteiger charge is -2.23. The minimum Gasteiger partial charge on any atom is -0.383 e. The van der Waals surface area contributed by atoms with E-state index in [-0.39, 0.29) is 0 Å². The molecule has 7 nitrogen and oxygen atoms in total. The fourth-order valence-corrected chi connectivity index (χ4v) is 2.68. The summed E-state index contributed by atoms with van der Waals surface area (Å²) >= 11 is 3.60. The van der Waals surface area contributed by atoms with Gasteiger partial charge in [-0.05, 0) is 18.6 Å². The van der Waals surface area contributed by atoms with Gasteiger partial charge >= 0.3 is 0 Å². The second kappa shape index (κ2) is 9.53. The van der Waals surface area contributed by atoms with Crippen molar-refractivity contribution >= 4 is 21.9 Å². The molecule has 0 unspecified atom stereocenters. The normalized spacial score (nSPS) is 11.6. The van der Waals surface area contributed by atoms with Crippen molar-refractivity contribution in [1.82, 2.24) is 25.0 Å². The number of aryl methyl sites for hydroxylation is 1. The summed E-state index contributed by atoms with van der Waals surface area (Å²) in [6.45, 7) is 4.43. The molecule has 0 atom stereocenters. The first-order valence-electron chi connectivity index (χ1n) is 8.09. The largest absolute Gasteiger partial charge is 0.383 e. The Bertz CT molecular complexity index is 715. The Balaban J connectivity index is 2.11. The third kappa shape index (κ3) is 5.54. The standard InChI is InChI=1S/C17H25BrN6O/c1-13-21-22-16(24(13)3)11-20-17(19-9-10-25-4)23(2)12-14-7-5-6-8-15(14)18/h5-8H,9-12H2,1-4H3,(H,19,20). The molecule has 1 N–H and O–H groups in total. The Labute approximate surface area is 157 Å². The third-order valence-corrected chi connectivity index (χ3v) is 4.64. The highest BCUT2D eigenvalue weighted by Crippen LogP contribution is 2.17. The van der Waals surface area contributed by atoms with Crippen LogP contribution in [0.2, 0.25) is 0 Å². The van der Waals surface area contributed by atoms with Crippen LogP contribution >= 0.6 is 15.9 Å². The lowest BCUT2D eigenvalue weighted by molar-refractivity contribution is 0.203. The van der Waals surface area contributed by atoms with Gasteiger partial charge < -0.3 is 19.5 Å². The summed E-state index contributed by atoms with van der Waals surface area (Å²) < 4.78 is 8.16. The molecule has 2 aromatic rings. The van der Waals surface area contributed by atoms with Crippen molar-refractivity contribution in [1.29, 1.82) is 0 Å². The molecule has 1 heterocycles. The SMILES string of the molecule is COCCNC(=NCc1nnc(C)n1C)N(C)Cc1ccccc1Br. The molecule has 0 saturated carbocycles. The molecule has 0 aliphatic heterocycles. The first-order valence-corrected chi connectivity index (χ1v) is 8.89. The summed E-state index contributed by atoms with van der Waals surface area (Å²) in [7, 11) is 5.65. The fourth-order valence-electron chi connectivity index (χ4n) is 2.27. The third-order valence-electron chi connectivity index (χ3n) is 3.87. The van der Waals surface area contributed by atoms with E-state index >= 15 is 0 Å². The lowest BCUT2D eigenvalue weighted by atomic mass is 10.2. The van der Waals surface area contributed by atoms with Crippen LogP contribution in [-0.2, 0) is 24.9 Å². The Kier molecular flexibility index (Phi) is 7.39. The van der Waals surface area contributed by atoms with E-state index in [1.165, 1.54) is 5.56 Å². The Hall–Kier alpha value is -1.93. The quantitative estimate of drug-likeness (QED) is 0.431. The number of hydrogen-bond donors (Lipinski definition) is 1. The molecule has 2 rings (SSSR count). The number of methoxy groups -OCH3 is 1. The van der Waals surface area contributed by atoms with Gasteiger partial charge in [-0.25, -0.2) is 4.99 Å². The number of nitrogens with one attached hydrogen (secondary N) is 1. The van der Waals surface area contributed by atoms with Gasteiger partial charge in [-0.2, -0.15) is 0 Å². The zero-order valence-corrected chi connectivity index (χ0v) is 16.7. The number of guanidine groups is 1. The number of nitrogens with zero attached hydrogens (tertiary/aromatic N) is 5. The molecule has 1 aromatic carbocycles. The molecule has 0 saturated heterocycles. The summed E-state index contributed by atoms with van der Waals surface area (Å²) in [4.78, 5) is 6.79. The van der Waals surface area contributed by atoms with E-state index in [1.54, 1.807) is 7.11 Å². The monoisotopic (exact) mass is 408 g/mol. The summed E-state index contributed by atoms with van der Waals surface area (Å²) in [6.07, 6.45) is 0. The maximum Gasteiger partial charge on any atom is 0.194 e. The fraction of sp³-hybridized carbons (Fsp3) is 0.471. The molecule has 136 valence electrons. The van der Waals surface area contributed by atoms with Crippen molar-refractivity contribution in [2.24, 2.45) is 12.0 Å². The summed E-state index contributed by atoms with van der Waals surface area (Å²) in [5.74, 6) is 2.51. The van der Waals surface area contributed by atoms with Crippen LogP contribution in [0.3, 0.4) is 0 Å². The van der Waals surface area contributed by atoms with Crippen LogP contribution in [0, 0.1) is 6.92 Å². The Morgan fingerprint density at radius 2 is 2.12 bits per heavy atom. The van der Waals surface area contributed by atoms with Crippen molar-refractivity contribution in [3.63, 3.8) is 0 Å². The predicted molar refractivity (Wildman–Crippen MR) is 102 cm³/mol. The number of hydrogen-bond acceptors (Lipinski definition) is 4. The molecule has 0 aliphatic rings. The lowest BCUT2D eigenvalue weighted by Crippen LogP contribution is -2.40. The number of ether oxygens (including phenoxy) is 1. The van der Waals surface area contributed by atoms with Gasteiger partial charge in [0.05, 0.1) is 6.61 Å². The Morgan fingerprint density at radius 1 is 1.36 bits per heavy atom. The van der Waals surface area contributed by atoms with Gasteiger partial charge in [0.1, 0.15) is 12.4 Å². The van der Waals surface area contributed by atoms with Crippen LogP contribution in [0.5, 0.6) is 0 Å². The topological polar surface area (TPSA) is 67.6 Å². The number of aromatic nitrogens is 3. The first-order chi connectivity index (χ1) is 12.0. The molecule has 0 aliphatic carbocycles.